The summed E-state index contributed by atoms with van der Waals surface area (Å²) in [6.07, 6.45) is 2.82. The van der Waals surface area contributed by atoms with Gasteiger partial charge in [0.1, 0.15) is 5.75 Å². The van der Waals surface area contributed by atoms with Gasteiger partial charge in [0.15, 0.2) is 0 Å². The summed E-state index contributed by atoms with van der Waals surface area (Å²) in [5.41, 5.74) is 0.809. The second-order valence-corrected chi connectivity index (χ2v) is 3.84. The molecule has 1 rings (SSSR count). The highest BCUT2D eigenvalue weighted by Crippen LogP contribution is 2.11. The van der Waals surface area contributed by atoms with Crippen LogP contribution in [0, 0.1) is 0 Å². The predicted octanol–water partition coefficient (Wildman–Crippen LogP) is 2.02. The van der Waals surface area contributed by atoms with Crippen LogP contribution >= 0.6 is 0 Å². The van der Waals surface area contributed by atoms with E-state index in [1.54, 1.807) is 24.3 Å². The number of phenols is 1. The summed E-state index contributed by atoms with van der Waals surface area (Å²) in [4.78, 5) is 11.6. The lowest BCUT2D eigenvalue weighted by atomic mass is 10.1. The average Bonchev–Trinajstić information content (AvgIpc) is 2.17. The number of amides is 1. The highest BCUT2D eigenvalue weighted by atomic mass is 16.3. The molecule has 0 spiro atoms. The van der Waals surface area contributed by atoms with Crippen LogP contribution in [0.5, 0.6) is 5.75 Å². The molecule has 0 fully saturated rings. The van der Waals surface area contributed by atoms with Crippen LogP contribution in [-0.2, 0) is 11.2 Å². The molecule has 1 aromatic carbocycles. The molecule has 1 atom stereocenters. The van der Waals surface area contributed by atoms with Gasteiger partial charge in [0.2, 0.25) is 5.91 Å². The molecule has 3 heteroatoms. The minimum atomic E-state index is -0.0417. The molecule has 3 nitrogen and oxygen atoms in total. The summed E-state index contributed by atoms with van der Waals surface area (Å²) >= 11 is 0. The van der Waals surface area contributed by atoms with Crippen molar-refractivity contribution in [2.75, 3.05) is 0 Å². The first kappa shape index (κ1) is 12.3. The normalized spacial score (nSPS) is 11.8. The van der Waals surface area contributed by atoms with Crippen molar-refractivity contribution in [1.29, 1.82) is 0 Å². The molecule has 0 radical (unpaired) electrons. The van der Waals surface area contributed by atoms with Gasteiger partial charge in [-0.15, -0.1) is 6.58 Å². The maximum Gasteiger partial charge on any atom is 0.224 e. The zero-order chi connectivity index (χ0) is 12.0. The Morgan fingerprint density at radius 1 is 1.62 bits per heavy atom. The number of rotatable bonds is 5. The van der Waals surface area contributed by atoms with Crippen LogP contribution in [-0.4, -0.2) is 17.1 Å². The van der Waals surface area contributed by atoms with Crippen molar-refractivity contribution in [2.45, 2.75) is 25.8 Å². The lowest BCUT2D eigenvalue weighted by Crippen LogP contribution is -2.33. The molecule has 1 unspecified atom stereocenters. The highest BCUT2D eigenvalue weighted by molar-refractivity contribution is 5.78. The van der Waals surface area contributed by atoms with Gasteiger partial charge in [-0.05, 0) is 31.0 Å². The molecule has 0 saturated carbocycles. The molecular formula is C13H17NO2. The monoisotopic (exact) mass is 219 g/mol. The summed E-state index contributed by atoms with van der Waals surface area (Å²) in [7, 11) is 0. The van der Waals surface area contributed by atoms with Gasteiger partial charge in [-0.25, -0.2) is 0 Å². The molecule has 0 aliphatic rings. The topological polar surface area (TPSA) is 49.3 Å². The third kappa shape index (κ3) is 4.17. The number of nitrogens with one attached hydrogen (secondary N) is 1. The zero-order valence-electron chi connectivity index (χ0n) is 9.44. The SMILES string of the molecule is C=CCC(C)NC(=O)Cc1cccc(O)c1. The second-order valence-electron chi connectivity index (χ2n) is 3.84. The number of hydrogen-bond donors (Lipinski definition) is 2. The minimum Gasteiger partial charge on any atom is -0.508 e. The third-order valence-electron chi connectivity index (χ3n) is 2.20. The van der Waals surface area contributed by atoms with Crippen LogP contribution in [0.2, 0.25) is 0 Å². The van der Waals surface area contributed by atoms with Crippen LogP contribution in [0.1, 0.15) is 18.9 Å². The van der Waals surface area contributed by atoms with E-state index in [2.05, 4.69) is 11.9 Å². The largest absolute Gasteiger partial charge is 0.508 e. The van der Waals surface area contributed by atoms with Gasteiger partial charge in [-0.2, -0.15) is 0 Å². The first-order valence-corrected chi connectivity index (χ1v) is 5.30. The first-order valence-electron chi connectivity index (χ1n) is 5.30. The molecule has 2 N–H and O–H groups in total. The van der Waals surface area contributed by atoms with Crippen molar-refractivity contribution >= 4 is 5.91 Å². The zero-order valence-corrected chi connectivity index (χ0v) is 9.44. The summed E-state index contributed by atoms with van der Waals surface area (Å²) in [5.74, 6) is 0.143. The van der Waals surface area contributed by atoms with E-state index in [0.717, 1.165) is 12.0 Å². The Labute approximate surface area is 95.8 Å². The Morgan fingerprint density at radius 2 is 2.38 bits per heavy atom. The number of hydrogen-bond acceptors (Lipinski definition) is 2. The van der Waals surface area contributed by atoms with Gasteiger partial charge < -0.3 is 10.4 Å². The van der Waals surface area contributed by atoms with E-state index in [1.807, 2.05) is 13.0 Å². The van der Waals surface area contributed by atoms with Gasteiger partial charge in [0.05, 0.1) is 6.42 Å². The summed E-state index contributed by atoms with van der Waals surface area (Å²) in [6, 6.07) is 6.82. The highest BCUT2D eigenvalue weighted by Gasteiger charge is 2.07. The number of phenolic OH excluding ortho intramolecular Hbond substituents is 1. The third-order valence-corrected chi connectivity index (χ3v) is 2.20. The van der Waals surface area contributed by atoms with E-state index < -0.39 is 0 Å². The molecule has 0 heterocycles. The van der Waals surface area contributed by atoms with Crippen molar-refractivity contribution in [2.24, 2.45) is 0 Å². The molecule has 0 aliphatic carbocycles. The van der Waals surface area contributed by atoms with E-state index in [1.165, 1.54) is 0 Å². The molecule has 0 aromatic heterocycles. The molecule has 16 heavy (non-hydrogen) atoms. The van der Waals surface area contributed by atoms with Crippen LogP contribution in [0.15, 0.2) is 36.9 Å². The Kier molecular flexibility index (Phi) is 4.58. The van der Waals surface area contributed by atoms with Crippen LogP contribution in [0.4, 0.5) is 0 Å². The molecule has 0 saturated heterocycles. The Bertz CT molecular complexity index is 374. The molecule has 1 amide bonds. The summed E-state index contributed by atoms with van der Waals surface area (Å²) in [6.45, 7) is 5.55. The smallest absolute Gasteiger partial charge is 0.224 e. The standard InChI is InChI=1S/C13H17NO2/c1-3-5-10(2)14-13(16)9-11-6-4-7-12(15)8-11/h3-4,6-8,10,15H,1,5,9H2,2H3,(H,14,16). The van der Waals surface area contributed by atoms with Crippen molar-refractivity contribution in [3.63, 3.8) is 0 Å². The van der Waals surface area contributed by atoms with Crippen molar-refractivity contribution in [3.8, 4) is 5.75 Å². The number of benzene rings is 1. The van der Waals surface area contributed by atoms with Crippen LogP contribution < -0.4 is 5.32 Å². The molecular weight excluding hydrogens is 202 g/mol. The fourth-order valence-electron chi connectivity index (χ4n) is 1.49. The van der Waals surface area contributed by atoms with E-state index in [0.29, 0.717) is 0 Å². The number of aromatic hydroxyl groups is 1. The van der Waals surface area contributed by atoms with Gasteiger partial charge >= 0.3 is 0 Å². The number of carbonyl (C=O) groups excluding carboxylic acids is 1. The fourth-order valence-corrected chi connectivity index (χ4v) is 1.49. The second kappa shape index (κ2) is 5.95. The Balaban J connectivity index is 2.48. The van der Waals surface area contributed by atoms with Gasteiger partial charge in [-0.1, -0.05) is 18.2 Å². The Morgan fingerprint density at radius 3 is 3.00 bits per heavy atom. The van der Waals surface area contributed by atoms with Gasteiger partial charge in [0, 0.05) is 6.04 Å². The van der Waals surface area contributed by atoms with Crippen LogP contribution in [0.3, 0.4) is 0 Å². The van der Waals surface area contributed by atoms with Gasteiger partial charge in [-0.3, -0.25) is 4.79 Å². The van der Waals surface area contributed by atoms with Gasteiger partial charge in [0.25, 0.3) is 0 Å². The van der Waals surface area contributed by atoms with Crippen molar-refractivity contribution < 1.29 is 9.90 Å². The number of carbonyl (C=O) groups is 1. The lowest BCUT2D eigenvalue weighted by Gasteiger charge is -2.11. The lowest BCUT2D eigenvalue weighted by molar-refractivity contribution is -0.121. The summed E-state index contributed by atoms with van der Waals surface area (Å²) < 4.78 is 0. The maximum atomic E-state index is 11.6. The average molecular weight is 219 g/mol. The fraction of sp³-hybridized carbons (Fsp3) is 0.308. The molecule has 0 aliphatic heterocycles. The van der Waals surface area contributed by atoms with E-state index in [-0.39, 0.29) is 24.1 Å². The quantitative estimate of drug-likeness (QED) is 0.744. The summed E-state index contributed by atoms with van der Waals surface area (Å²) in [5, 5.41) is 12.1. The van der Waals surface area contributed by atoms with Crippen molar-refractivity contribution in [1.82, 2.24) is 5.32 Å². The van der Waals surface area contributed by atoms with E-state index >= 15 is 0 Å². The Hall–Kier alpha value is -1.77. The molecule has 0 bridgehead atoms. The minimum absolute atomic E-state index is 0.0417. The molecule has 1 aromatic rings. The first-order chi connectivity index (χ1) is 7.61. The van der Waals surface area contributed by atoms with E-state index in [9.17, 15) is 9.90 Å². The predicted molar refractivity (Wildman–Crippen MR) is 64.2 cm³/mol. The maximum absolute atomic E-state index is 11.6. The van der Waals surface area contributed by atoms with Crippen LogP contribution in [0.25, 0.3) is 0 Å². The molecule has 86 valence electrons. The van der Waals surface area contributed by atoms with E-state index in [4.69, 9.17) is 0 Å². The van der Waals surface area contributed by atoms with Crippen molar-refractivity contribution in [3.05, 3.63) is 42.5 Å².